The maximum absolute atomic E-state index is 13.2. The van der Waals surface area contributed by atoms with Crippen LogP contribution in [0, 0.1) is 0 Å². The Bertz CT molecular complexity index is 1810. The lowest BCUT2D eigenvalue weighted by atomic mass is 10.0. The molecule has 1 rings (SSSR count). The lowest BCUT2D eigenvalue weighted by molar-refractivity contribution is -0.159. The summed E-state index contributed by atoms with van der Waals surface area (Å²) < 4.78 is 21.4. The van der Waals surface area contributed by atoms with Crippen LogP contribution in [-0.4, -0.2) is 101 Å². The van der Waals surface area contributed by atoms with Gasteiger partial charge in [-0.2, -0.15) is 0 Å². The Labute approximate surface area is 442 Å². The first-order chi connectivity index (χ1) is 34.8. The molecule has 0 aliphatic carbocycles. The molecule has 0 bridgehead atoms. The highest BCUT2D eigenvalue weighted by molar-refractivity contribution is 5.86. The first-order valence-electron chi connectivity index (χ1n) is 27.3. The normalized spacial score (nSPS) is 12.8. The largest absolute Gasteiger partial charge is 0.480 e. The molecule has 74 heavy (non-hydrogen) atoms. The van der Waals surface area contributed by atoms with Gasteiger partial charge in [0, 0.05) is 32.4 Å². The quantitative estimate of drug-likeness (QED) is 0.0205. The molecule has 6 N–H and O–H groups in total. The van der Waals surface area contributed by atoms with Crippen molar-refractivity contribution in [2.24, 2.45) is 0 Å². The molecule has 0 aliphatic heterocycles. The molecular formula is C56H95N5O13. The Kier molecular flexibility index (Phi) is 33.6. The van der Waals surface area contributed by atoms with Crippen molar-refractivity contribution < 1.29 is 62.4 Å². The first kappa shape index (κ1) is 66.6. The van der Waals surface area contributed by atoms with Crippen molar-refractivity contribution in [1.29, 1.82) is 0 Å². The second-order valence-corrected chi connectivity index (χ2v) is 22.2. The van der Waals surface area contributed by atoms with Crippen molar-refractivity contribution >= 4 is 47.8 Å². The van der Waals surface area contributed by atoms with Crippen molar-refractivity contribution in [3.63, 3.8) is 0 Å². The van der Waals surface area contributed by atoms with Crippen LogP contribution in [0.4, 0.5) is 9.59 Å². The van der Waals surface area contributed by atoms with Crippen LogP contribution in [-0.2, 0) is 54.3 Å². The number of carboxylic acid groups (broad SMARTS) is 1. The van der Waals surface area contributed by atoms with Gasteiger partial charge in [0.2, 0.25) is 17.7 Å². The monoisotopic (exact) mass is 1050 g/mol. The summed E-state index contributed by atoms with van der Waals surface area (Å²) in [5.74, 6) is -2.97. The number of amides is 5. The number of aliphatic carboxylic acids is 1. The van der Waals surface area contributed by atoms with Gasteiger partial charge in [-0.05, 0) is 126 Å². The summed E-state index contributed by atoms with van der Waals surface area (Å²) in [5, 5.41) is 23.0. The third-order valence-electron chi connectivity index (χ3n) is 11.4. The molecule has 18 nitrogen and oxygen atoms in total. The van der Waals surface area contributed by atoms with Crippen molar-refractivity contribution in [2.45, 2.75) is 258 Å². The van der Waals surface area contributed by atoms with Gasteiger partial charge >= 0.3 is 30.1 Å². The molecule has 0 unspecified atom stereocenters. The second-order valence-electron chi connectivity index (χ2n) is 22.2. The van der Waals surface area contributed by atoms with E-state index in [2.05, 4.69) is 26.6 Å². The van der Waals surface area contributed by atoms with Gasteiger partial charge in [-0.3, -0.25) is 19.2 Å². The van der Waals surface area contributed by atoms with E-state index in [0.29, 0.717) is 38.5 Å². The number of carbonyl (C=O) groups excluding carboxylic acids is 7. The predicted octanol–water partition coefficient (Wildman–Crippen LogP) is 10.0. The molecule has 1 aromatic carbocycles. The molecule has 0 radical (unpaired) electrons. The van der Waals surface area contributed by atoms with Crippen LogP contribution in [0.1, 0.15) is 222 Å². The molecule has 1 aromatic rings. The van der Waals surface area contributed by atoms with Gasteiger partial charge in [-0.1, -0.05) is 107 Å². The zero-order chi connectivity index (χ0) is 55.4. The van der Waals surface area contributed by atoms with E-state index in [1.807, 2.05) is 26.8 Å². The van der Waals surface area contributed by atoms with E-state index >= 15 is 0 Å². The fraction of sp³-hybridized carbons (Fsp3) is 0.750. The number of carboxylic acids is 1. The lowest BCUT2D eigenvalue weighted by Crippen LogP contribution is -2.48. The third kappa shape index (κ3) is 38.2. The van der Waals surface area contributed by atoms with E-state index < -0.39 is 65.0 Å². The van der Waals surface area contributed by atoms with Crippen LogP contribution in [0.2, 0.25) is 0 Å². The first-order valence-corrected chi connectivity index (χ1v) is 27.3. The standard InChI is InChI=1S/C56H95N5O13/c1-54(2,3)72-48(64)36-26-21-19-17-15-13-11-10-12-14-16-18-20-25-35-47(63)59-45(51(68)73-55(4,5)6)37-38-46(62)57-39-29-27-33-43(60-53(70)74-56(7,8)9)49(65)58-40-30-28-34-44(50(66)67)61-52(69)71-41-42-31-23-22-24-32-42/h22-24,31-32,43-45H,10-21,25-30,33-41H2,1-9H3,(H,57,62)(H,58,65)(H,59,63)(H,60,70)(H,61,69)(H,66,67)/t43-,44-,45-/m0/s1. The van der Waals surface area contributed by atoms with E-state index in [1.54, 1.807) is 65.8 Å². The number of carbonyl (C=O) groups is 8. The summed E-state index contributed by atoms with van der Waals surface area (Å²) >= 11 is 0. The maximum atomic E-state index is 13.2. The highest BCUT2D eigenvalue weighted by Crippen LogP contribution is 2.17. The van der Waals surface area contributed by atoms with Crippen LogP contribution >= 0.6 is 0 Å². The van der Waals surface area contributed by atoms with Gasteiger partial charge in [0.1, 0.15) is 41.5 Å². The van der Waals surface area contributed by atoms with Crippen molar-refractivity contribution in [1.82, 2.24) is 26.6 Å². The van der Waals surface area contributed by atoms with E-state index in [1.165, 1.54) is 44.9 Å². The number of alkyl carbamates (subject to hydrolysis) is 2. The van der Waals surface area contributed by atoms with E-state index in [-0.39, 0.29) is 69.6 Å². The topological polar surface area (TPSA) is 254 Å². The summed E-state index contributed by atoms with van der Waals surface area (Å²) in [5.41, 5.74) is -1.25. The van der Waals surface area contributed by atoms with Crippen molar-refractivity contribution in [2.75, 3.05) is 13.1 Å². The summed E-state index contributed by atoms with van der Waals surface area (Å²) in [6, 6.07) is 5.85. The SMILES string of the molecule is CC(C)(C)OC(=O)CCCCCCCCCCCCCCCCC(=O)N[C@@H](CCC(=O)NCCCC[C@H](NC(=O)OC(C)(C)C)C(=O)NCCCC[C@H](NC(=O)OCc1ccccc1)C(=O)O)C(=O)OC(C)(C)C. The molecule has 0 heterocycles. The number of hydrogen-bond donors (Lipinski definition) is 6. The van der Waals surface area contributed by atoms with Gasteiger partial charge in [0.25, 0.3) is 0 Å². The summed E-state index contributed by atoms with van der Waals surface area (Å²) in [6.07, 6.45) is 16.5. The number of rotatable bonds is 38. The molecule has 0 aliphatic rings. The van der Waals surface area contributed by atoms with Crippen LogP contribution in [0.15, 0.2) is 30.3 Å². The van der Waals surface area contributed by atoms with Gasteiger partial charge in [0.05, 0.1) is 0 Å². The van der Waals surface area contributed by atoms with Gasteiger partial charge in [-0.25, -0.2) is 19.2 Å². The fourth-order valence-corrected chi connectivity index (χ4v) is 7.71. The van der Waals surface area contributed by atoms with Crippen LogP contribution in [0.25, 0.3) is 0 Å². The average molecular weight is 1050 g/mol. The van der Waals surface area contributed by atoms with E-state index in [0.717, 1.165) is 44.1 Å². The number of ether oxygens (including phenoxy) is 4. The van der Waals surface area contributed by atoms with Crippen LogP contribution in [0.3, 0.4) is 0 Å². The Morgan fingerprint density at radius 2 is 0.932 bits per heavy atom. The number of benzene rings is 1. The molecule has 5 amide bonds. The predicted molar refractivity (Wildman–Crippen MR) is 285 cm³/mol. The maximum Gasteiger partial charge on any atom is 0.408 e. The Morgan fingerprint density at radius 1 is 0.459 bits per heavy atom. The van der Waals surface area contributed by atoms with E-state index in [4.69, 9.17) is 18.9 Å². The zero-order valence-electron chi connectivity index (χ0n) is 46.6. The molecule has 0 aromatic heterocycles. The molecule has 0 fully saturated rings. The van der Waals surface area contributed by atoms with Gasteiger partial charge < -0.3 is 50.6 Å². The lowest BCUT2D eigenvalue weighted by Gasteiger charge is -2.24. The average Bonchev–Trinajstić information content (AvgIpc) is 3.29. The number of nitrogens with one attached hydrogen (secondary N) is 5. The van der Waals surface area contributed by atoms with E-state index in [9.17, 15) is 43.5 Å². The highest BCUT2D eigenvalue weighted by atomic mass is 16.6. The minimum atomic E-state index is -1.22. The molecule has 0 saturated heterocycles. The minimum absolute atomic E-state index is 0.00731. The van der Waals surface area contributed by atoms with Crippen LogP contribution < -0.4 is 26.6 Å². The summed E-state index contributed by atoms with van der Waals surface area (Å²) in [4.78, 5) is 101. The highest BCUT2D eigenvalue weighted by Gasteiger charge is 2.28. The number of hydrogen-bond acceptors (Lipinski definition) is 12. The van der Waals surface area contributed by atoms with Gasteiger partial charge in [0.15, 0.2) is 0 Å². The zero-order valence-corrected chi connectivity index (χ0v) is 46.6. The molecule has 3 atom stereocenters. The smallest absolute Gasteiger partial charge is 0.408 e. The molecule has 0 spiro atoms. The Hall–Kier alpha value is -5.42. The van der Waals surface area contributed by atoms with Crippen molar-refractivity contribution in [3.05, 3.63) is 35.9 Å². The minimum Gasteiger partial charge on any atom is -0.480 e. The number of unbranched alkanes of at least 4 members (excludes halogenated alkanes) is 15. The summed E-state index contributed by atoms with van der Waals surface area (Å²) in [7, 11) is 0. The summed E-state index contributed by atoms with van der Waals surface area (Å²) in [6.45, 7) is 16.4. The van der Waals surface area contributed by atoms with Crippen molar-refractivity contribution in [3.8, 4) is 0 Å². The molecule has 18 heteroatoms. The Morgan fingerprint density at radius 3 is 1.45 bits per heavy atom. The molecular weight excluding hydrogens is 951 g/mol. The fourth-order valence-electron chi connectivity index (χ4n) is 7.71. The third-order valence-corrected chi connectivity index (χ3v) is 11.4. The second kappa shape index (κ2) is 37.3. The molecule has 422 valence electrons. The molecule has 0 saturated carbocycles. The van der Waals surface area contributed by atoms with Gasteiger partial charge in [-0.15, -0.1) is 0 Å². The number of esters is 2. The van der Waals surface area contributed by atoms with Crippen LogP contribution in [0.5, 0.6) is 0 Å². The Balaban J connectivity index is 2.44.